The molecule has 0 unspecified atom stereocenters. The van der Waals surface area contributed by atoms with Crippen molar-refractivity contribution in [2.24, 2.45) is 0 Å². The third-order valence-electron chi connectivity index (χ3n) is 12.5. The Morgan fingerprint density at radius 3 is 1.14 bits per heavy atom. The Hall–Kier alpha value is -7.88. The highest BCUT2D eigenvalue weighted by molar-refractivity contribution is 6.26. The van der Waals surface area contributed by atoms with E-state index in [4.69, 9.17) is 4.42 Å². The van der Waals surface area contributed by atoms with Crippen LogP contribution in [0.2, 0.25) is 0 Å². The molecular formula is C56H34N2O. The monoisotopic (exact) mass is 750 g/mol. The highest BCUT2D eigenvalue weighted by Crippen LogP contribution is 2.44. The van der Waals surface area contributed by atoms with E-state index in [9.17, 15) is 0 Å². The lowest BCUT2D eigenvalue weighted by molar-refractivity contribution is 0.664. The SMILES string of the molecule is c1ccc(-n2c3ccccc3c3cc(-c4ccc5oc6ccc(-c7ccc8c(c7)c7ccccc7n8-c7ccccc7)c7cccc(c8cccc4c58)c67)ccc32)cc1. The summed E-state index contributed by atoms with van der Waals surface area (Å²) in [5.74, 6) is 0. The predicted octanol–water partition coefficient (Wildman–Crippen LogP) is 15.4. The van der Waals surface area contributed by atoms with Gasteiger partial charge in [-0.15, -0.1) is 0 Å². The minimum Gasteiger partial charge on any atom is -0.456 e. The van der Waals surface area contributed by atoms with E-state index in [0.717, 1.165) is 33.3 Å². The fraction of sp³-hybridized carbons (Fsp3) is 0. The maximum Gasteiger partial charge on any atom is 0.135 e. The zero-order valence-electron chi connectivity index (χ0n) is 31.9. The summed E-state index contributed by atoms with van der Waals surface area (Å²) >= 11 is 0. The standard InChI is InChI=1S/C56H34N2O/c1-3-13-37(14-4-1)57-49-23-9-7-17-41(49)47-33-35(25-29-51(47)57)39-27-31-53-55-43(39)19-11-21-45(55)46-22-12-20-44-40(28-32-54(59-53)56(44)46)36-26-30-52-48(34-36)42-18-8-10-24-50(42)58(52)38-15-5-2-6-16-38/h1-34H. The van der Waals surface area contributed by atoms with Crippen LogP contribution >= 0.6 is 0 Å². The molecule has 0 atom stereocenters. The second-order valence-corrected chi connectivity index (χ2v) is 15.6. The third kappa shape index (κ3) is 4.64. The van der Waals surface area contributed by atoms with E-state index >= 15 is 0 Å². The molecule has 13 aromatic rings. The molecule has 0 aliphatic carbocycles. The number of hydrogen-bond donors (Lipinski definition) is 0. The fourth-order valence-corrected chi connectivity index (χ4v) is 9.98. The van der Waals surface area contributed by atoms with Crippen LogP contribution in [-0.2, 0) is 0 Å². The van der Waals surface area contributed by atoms with E-state index < -0.39 is 0 Å². The van der Waals surface area contributed by atoms with E-state index in [0.29, 0.717) is 0 Å². The largest absolute Gasteiger partial charge is 0.456 e. The number of fused-ring (bicyclic) bond motifs is 7. The quantitative estimate of drug-likeness (QED) is 0.176. The van der Waals surface area contributed by atoms with Crippen LogP contribution in [0.15, 0.2) is 211 Å². The van der Waals surface area contributed by atoms with E-state index in [-0.39, 0.29) is 0 Å². The number of nitrogens with zero attached hydrogens (tertiary/aromatic N) is 2. The van der Waals surface area contributed by atoms with Crippen LogP contribution in [0.3, 0.4) is 0 Å². The van der Waals surface area contributed by atoms with Crippen molar-refractivity contribution in [2.45, 2.75) is 0 Å². The smallest absolute Gasteiger partial charge is 0.135 e. The summed E-state index contributed by atoms with van der Waals surface area (Å²) in [6, 6.07) is 74.8. The van der Waals surface area contributed by atoms with E-state index in [2.05, 4.69) is 215 Å². The molecular weight excluding hydrogens is 717 g/mol. The van der Waals surface area contributed by atoms with Crippen LogP contribution in [0, 0.1) is 0 Å². The van der Waals surface area contributed by atoms with Crippen molar-refractivity contribution in [3.05, 3.63) is 206 Å². The number of para-hydroxylation sites is 4. The van der Waals surface area contributed by atoms with Crippen LogP contribution in [0.5, 0.6) is 0 Å². The van der Waals surface area contributed by atoms with E-state index in [1.54, 1.807) is 0 Å². The van der Waals surface area contributed by atoms with E-state index in [1.165, 1.54) is 87.4 Å². The van der Waals surface area contributed by atoms with Crippen LogP contribution in [0.25, 0.3) is 121 Å². The normalized spacial score (nSPS) is 12.1. The highest BCUT2D eigenvalue weighted by Gasteiger charge is 2.19. The number of benzene rings is 10. The van der Waals surface area contributed by atoms with Gasteiger partial charge in [0.25, 0.3) is 0 Å². The lowest BCUT2D eigenvalue weighted by Gasteiger charge is -2.11. The van der Waals surface area contributed by atoms with Crippen molar-refractivity contribution in [3.63, 3.8) is 0 Å². The summed E-state index contributed by atoms with van der Waals surface area (Å²) in [7, 11) is 0. The molecule has 0 saturated carbocycles. The molecule has 0 radical (unpaired) electrons. The zero-order valence-corrected chi connectivity index (χ0v) is 31.9. The molecule has 0 aliphatic rings. The first kappa shape index (κ1) is 32.2. The van der Waals surface area contributed by atoms with Crippen molar-refractivity contribution in [2.75, 3.05) is 0 Å². The summed E-state index contributed by atoms with van der Waals surface area (Å²) in [6.45, 7) is 0. The van der Waals surface area contributed by atoms with Crippen LogP contribution < -0.4 is 0 Å². The Bertz CT molecular complexity index is 3580. The van der Waals surface area contributed by atoms with Crippen LogP contribution in [0.1, 0.15) is 0 Å². The average molecular weight is 751 g/mol. The summed E-state index contributed by atoms with van der Waals surface area (Å²) in [6.07, 6.45) is 0. The molecule has 0 aliphatic heterocycles. The topological polar surface area (TPSA) is 23.0 Å². The summed E-state index contributed by atoms with van der Waals surface area (Å²) in [4.78, 5) is 0. The molecule has 0 amide bonds. The van der Waals surface area contributed by atoms with Gasteiger partial charge in [-0.05, 0) is 117 Å². The minimum atomic E-state index is 0.876. The molecule has 10 aromatic carbocycles. The lowest BCUT2D eigenvalue weighted by atomic mass is 9.92. The molecule has 13 rings (SSSR count). The Morgan fingerprint density at radius 1 is 0.271 bits per heavy atom. The molecule has 59 heavy (non-hydrogen) atoms. The van der Waals surface area contributed by atoms with Gasteiger partial charge in [0.05, 0.1) is 22.1 Å². The maximum atomic E-state index is 6.98. The molecule has 274 valence electrons. The second-order valence-electron chi connectivity index (χ2n) is 15.6. The van der Waals surface area contributed by atoms with Crippen molar-refractivity contribution < 1.29 is 4.42 Å². The molecule has 3 nitrogen and oxygen atoms in total. The Morgan fingerprint density at radius 2 is 0.661 bits per heavy atom. The van der Waals surface area contributed by atoms with Gasteiger partial charge in [0, 0.05) is 43.7 Å². The van der Waals surface area contributed by atoms with Gasteiger partial charge in [-0.1, -0.05) is 133 Å². The van der Waals surface area contributed by atoms with Gasteiger partial charge >= 0.3 is 0 Å². The molecule has 3 aromatic heterocycles. The van der Waals surface area contributed by atoms with Crippen LogP contribution in [-0.4, -0.2) is 9.13 Å². The number of hydrogen-bond acceptors (Lipinski definition) is 1. The first-order chi connectivity index (χ1) is 29.3. The Kier molecular flexibility index (Phi) is 6.72. The third-order valence-corrected chi connectivity index (χ3v) is 12.5. The summed E-state index contributed by atoms with van der Waals surface area (Å²) < 4.78 is 11.7. The van der Waals surface area contributed by atoms with Gasteiger partial charge in [0.15, 0.2) is 0 Å². The van der Waals surface area contributed by atoms with E-state index in [1.807, 2.05) is 0 Å². The molecule has 0 bridgehead atoms. The average Bonchev–Trinajstić information content (AvgIpc) is 3.76. The summed E-state index contributed by atoms with van der Waals surface area (Å²) in [5, 5.41) is 12.0. The van der Waals surface area contributed by atoms with Gasteiger partial charge in [0.1, 0.15) is 11.2 Å². The molecule has 3 heterocycles. The molecule has 0 spiro atoms. The molecule has 0 saturated heterocycles. The number of rotatable bonds is 4. The van der Waals surface area contributed by atoms with Crippen molar-refractivity contribution in [1.29, 1.82) is 0 Å². The first-order valence-corrected chi connectivity index (χ1v) is 20.3. The predicted molar refractivity (Wildman–Crippen MR) is 248 cm³/mol. The van der Waals surface area contributed by atoms with Gasteiger partial charge < -0.3 is 13.6 Å². The molecule has 0 fully saturated rings. The van der Waals surface area contributed by atoms with Gasteiger partial charge in [-0.2, -0.15) is 0 Å². The first-order valence-electron chi connectivity index (χ1n) is 20.3. The maximum absolute atomic E-state index is 6.98. The van der Waals surface area contributed by atoms with Crippen LogP contribution in [0.4, 0.5) is 0 Å². The summed E-state index contributed by atoms with van der Waals surface area (Å²) in [5.41, 5.74) is 13.6. The highest BCUT2D eigenvalue weighted by atomic mass is 16.3. The minimum absolute atomic E-state index is 0.876. The van der Waals surface area contributed by atoms with Gasteiger partial charge in [-0.3, -0.25) is 0 Å². The zero-order chi connectivity index (χ0) is 38.6. The number of aromatic nitrogens is 2. The van der Waals surface area contributed by atoms with Crippen molar-refractivity contribution in [3.8, 4) is 33.6 Å². The Labute approximate surface area is 339 Å². The van der Waals surface area contributed by atoms with Gasteiger partial charge in [0.2, 0.25) is 0 Å². The van der Waals surface area contributed by atoms with Crippen molar-refractivity contribution in [1.82, 2.24) is 9.13 Å². The Balaban J connectivity index is 1.02. The fourth-order valence-electron chi connectivity index (χ4n) is 9.98. The molecule has 0 N–H and O–H groups in total. The second kappa shape index (κ2) is 12.3. The van der Waals surface area contributed by atoms with Gasteiger partial charge in [-0.25, -0.2) is 0 Å². The molecule has 3 heteroatoms. The lowest BCUT2D eigenvalue weighted by Crippen LogP contribution is -1.92. The van der Waals surface area contributed by atoms with Crippen molar-refractivity contribution >= 4 is 87.1 Å².